The first-order valence-electron chi connectivity index (χ1n) is 8.10. The van der Waals surface area contributed by atoms with Gasteiger partial charge in [0, 0.05) is 25.5 Å². The summed E-state index contributed by atoms with van der Waals surface area (Å²) in [7, 11) is -0.454. The molecule has 146 valence electrons. The van der Waals surface area contributed by atoms with Gasteiger partial charge in [0.25, 0.3) is 0 Å². The van der Waals surface area contributed by atoms with Crippen molar-refractivity contribution in [3.05, 3.63) is 48.3 Å². The Morgan fingerprint density at radius 2 is 1.96 bits per heavy atom. The standard InChI is InChI=1S/C17H23N5O4S/c1-25-15-6-5-13(10-16(15)26-2)11-21-17(18)20-8-9-22-27(23,24)14-4-3-7-19-12-14/h3-7,10,12,22H,8-9,11H2,1-2H3,(H3,18,20,21). The quantitative estimate of drug-likeness (QED) is 0.321. The number of guanidine groups is 1. The van der Waals surface area contributed by atoms with E-state index in [0.717, 1.165) is 5.56 Å². The van der Waals surface area contributed by atoms with Crippen molar-refractivity contribution in [1.29, 1.82) is 0 Å². The highest BCUT2D eigenvalue weighted by Crippen LogP contribution is 2.27. The fraction of sp³-hybridized carbons (Fsp3) is 0.294. The summed E-state index contributed by atoms with van der Waals surface area (Å²) >= 11 is 0. The van der Waals surface area contributed by atoms with Gasteiger partial charge in [0.15, 0.2) is 17.5 Å². The molecule has 0 aliphatic rings. The van der Waals surface area contributed by atoms with E-state index in [1.807, 2.05) is 12.1 Å². The Labute approximate surface area is 158 Å². The lowest BCUT2D eigenvalue weighted by molar-refractivity contribution is 0.354. The first-order chi connectivity index (χ1) is 13.0. The van der Waals surface area contributed by atoms with E-state index >= 15 is 0 Å². The summed E-state index contributed by atoms with van der Waals surface area (Å²) in [5.41, 5.74) is 6.70. The number of pyridine rings is 1. The number of nitrogens with one attached hydrogen (secondary N) is 2. The van der Waals surface area contributed by atoms with Crippen LogP contribution in [0.5, 0.6) is 11.5 Å². The van der Waals surface area contributed by atoms with Gasteiger partial charge >= 0.3 is 0 Å². The van der Waals surface area contributed by atoms with E-state index < -0.39 is 10.0 Å². The molecule has 0 aliphatic heterocycles. The number of nitrogens with zero attached hydrogens (tertiary/aromatic N) is 2. The summed E-state index contributed by atoms with van der Waals surface area (Å²) in [4.78, 5) is 8.12. The summed E-state index contributed by atoms with van der Waals surface area (Å²) in [5, 5.41) is 2.86. The second-order valence-electron chi connectivity index (χ2n) is 5.40. The normalized spacial score (nSPS) is 11.9. The van der Waals surface area contributed by atoms with Crippen LogP contribution in [-0.2, 0) is 16.6 Å². The lowest BCUT2D eigenvalue weighted by atomic mass is 10.2. The number of hydrogen-bond acceptors (Lipinski definition) is 6. The summed E-state index contributed by atoms with van der Waals surface area (Å²) in [6, 6.07) is 8.51. The molecule has 0 amide bonds. The van der Waals surface area contributed by atoms with E-state index in [0.29, 0.717) is 24.6 Å². The molecule has 4 N–H and O–H groups in total. The molecule has 1 heterocycles. The molecule has 0 bridgehead atoms. The minimum Gasteiger partial charge on any atom is -0.493 e. The predicted molar refractivity (Wildman–Crippen MR) is 102 cm³/mol. The molecule has 27 heavy (non-hydrogen) atoms. The van der Waals surface area contributed by atoms with Crippen molar-refractivity contribution in [2.75, 3.05) is 27.3 Å². The summed E-state index contributed by atoms with van der Waals surface area (Å²) < 4.78 is 37.0. The Morgan fingerprint density at radius 1 is 1.19 bits per heavy atom. The second-order valence-corrected chi connectivity index (χ2v) is 7.17. The number of methoxy groups -OCH3 is 2. The van der Waals surface area contributed by atoms with Crippen LogP contribution in [0.3, 0.4) is 0 Å². The van der Waals surface area contributed by atoms with Crippen LogP contribution in [0.25, 0.3) is 0 Å². The third-order valence-corrected chi connectivity index (χ3v) is 4.99. The van der Waals surface area contributed by atoms with Crippen LogP contribution in [0, 0.1) is 0 Å². The van der Waals surface area contributed by atoms with Gasteiger partial charge in [-0.3, -0.25) is 4.98 Å². The van der Waals surface area contributed by atoms with Crippen LogP contribution in [0.1, 0.15) is 5.56 Å². The zero-order valence-electron chi connectivity index (χ0n) is 15.2. The van der Waals surface area contributed by atoms with Crippen LogP contribution >= 0.6 is 0 Å². The van der Waals surface area contributed by atoms with Crippen LogP contribution in [0.4, 0.5) is 0 Å². The van der Waals surface area contributed by atoms with Crippen molar-refractivity contribution in [1.82, 2.24) is 15.0 Å². The van der Waals surface area contributed by atoms with Gasteiger partial charge in [0.05, 0.1) is 20.8 Å². The minimum absolute atomic E-state index is 0.111. The molecule has 0 fully saturated rings. The molecule has 0 atom stereocenters. The maximum atomic E-state index is 12.0. The topological polar surface area (TPSA) is 128 Å². The van der Waals surface area contributed by atoms with Crippen LogP contribution in [-0.4, -0.2) is 46.7 Å². The van der Waals surface area contributed by atoms with Crippen LogP contribution < -0.4 is 25.2 Å². The van der Waals surface area contributed by atoms with Crippen molar-refractivity contribution in [3.8, 4) is 11.5 Å². The van der Waals surface area contributed by atoms with Crippen molar-refractivity contribution < 1.29 is 17.9 Å². The fourth-order valence-electron chi connectivity index (χ4n) is 2.18. The maximum Gasteiger partial charge on any atom is 0.242 e. The Hall–Kier alpha value is -2.85. The average Bonchev–Trinajstić information content (AvgIpc) is 2.70. The van der Waals surface area contributed by atoms with E-state index in [4.69, 9.17) is 15.2 Å². The van der Waals surface area contributed by atoms with Crippen molar-refractivity contribution in [2.45, 2.75) is 11.4 Å². The summed E-state index contributed by atoms with van der Waals surface area (Å²) in [6.07, 6.45) is 2.80. The molecule has 0 unspecified atom stereocenters. The minimum atomic E-state index is -3.59. The van der Waals surface area contributed by atoms with Gasteiger partial charge in [-0.2, -0.15) is 0 Å². The highest BCUT2D eigenvalue weighted by atomic mass is 32.2. The first kappa shape index (κ1) is 20.5. The molecule has 1 aromatic carbocycles. The molecule has 2 rings (SSSR count). The lowest BCUT2D eigenvalue weighted by Crippen LogP contribution is -2.38. The van der Waals surface area contributed by atoms with E-state index in [9.17, 15) is 8.42 Å². The monoisotopic (exact) mass is 393 g/mol. The SMILES string of the molecule is COc1ccc(CN=C(N)NCCNS(=O)(=O)c2cccnc2)cc1OC. The van der Waals surface area contributed by atoms with Gasteiger partial charge in [-0.25, -0.2) is 18.1 Å². The van der Waals surface area contributed by atoms with Gasteiger partial charge < -0.3 is 20.5 Å². The average molecular weight is 393 g/mol. The zero-order valence-corrected chi connectivity index (χ0v) is 16.0. The molecule has 9 nitrogen and oxygen atoms in total. The highest BCUT2D eigenvalue weighted by molar-refractivity contribution is 7.89. The Bertz CT molecular complexity index is 872. The molecular formula is C17H23N5O4S. The highest BCUT2D eigenvalue weighted by Gasteiger charge is 2.12. The van der Waals surface area contributed by atoms with E-state index in [-0.39, 0.29) is 17.4 Å². The first-order valence-corrected chi connectivity index (χ1v) is 9.59. The van der Waals surface area contributed by atoms with Crippen molar-refractivity contribution >= 4 is 16.0 Å². The molecule has 0 saturated carbocycles. The predicted octanol–water partition coefficient (Wildman–Crippen LogP) is 0.482. The van der Waals surface area contributed by atoms with Gasteiger partial charge in [-0.15, -0.1) is 0 Å². The third kappa shape index (κ3) is 6.12. The number of aliphatic imine (C=N–C) groups is 1. The van der Waals surface area contributed by atoms with Crippen molar-refractivity contribution in [3.63, 3.8) is 0 Å². The number of benzene rings is 1. The number of ether oxygens (including phenoxy) is 2. The molecule has 0 radical (unpaired) electrons. The molecule has 0 aliphatic carbocycles. The molecular weight excluding hydrogens is 370 g/mol. The van der Waals surface area contributed by atoms with E-state index in [1.165, 1.54) is 18.5 Å². The molecule has 0 spiro atoms. The smallest absolute Gasteiger partial charge is 0.242 e. The number of rotatable bonds is 9. The van der Waals surface area contributed by atoms with Crippen LogP contribution in [0.15, 0.2) is 52.6 Å². The Balaban J connectivity index is 1.81. The van der Waals surface area contributed by atoms with Gasteiger partial charge in [-0.05, 0) is 29.8 Å². The molecule has 2 aromatic rings. The number of nitrogens with two attached hydrogens (primary N) is 1. The molecule has 1 aromatic heterocycles. The lowest BCUT2D eigenvalue weighted by Gasteiger charge is -2.09. The molecule has 0 saturated heterocycles. The van der Waals surface area contributed by atoms with Crippen molar-refractivity contribution in [2.24, 2.45) is 10.7 Å². The van der Waals surface area contributed by atoms with Gasteiger partial charge in [0.1, 0.15) is 4.90 Å². The van der Waals surface area contributed by atoms with Gasteiger partial charge in [0.2, 0.25) is 10.0 Å². The number of aromatic nitrogens is 1. The summed E-state index contributed by atoms with van der Waals surface area (Å²) in [6.45, 7) is 0.797. The molecule has 10 heteroatoms. The number of hydrogen-bond donors (Lipinski definition) is 3. The van der Waals surface area contributed by atoms with Gasteiger partial charge in [-0.1, -0.05) is 6.07 Å². The number of sulfonamides is 1. The second kappa shape index (κ2) is 9.74. The fourth-order valence-corrected chi connectivity index (χ4v) is 3.17. The van der Waals surface area contributed by atoms with E-state index in [1.54, 1.807) is 26.4 Å². The maximum absolute atomic E-state index is 12.0. The largest absolute Gasteiger partial charge is 0.493 e. The van der Waals surface area contributed by atoms with Crippen LogP contribution in [0.2, 0.25) is 0 Å². The Kier molecular flexibility index (Phi) is 7.38. The van der Waals surface area contributed by atoms with E-state index in [2.05, 4.69) is 20.0 Å². The Morgan fingerprint density at radius 3 is 2.63 bits per heavy atom. The third-order valence-electron chi connectivity index (χ3n) is 3.55. The zero-order chi connectivity index (χ0) is 19.7. The summed E-state index contributed by atoms with van der Waals surface area (Å²) in [5.74, 6) is 1.46.